The normalized spacial score (nSPS) is 10.3. The van der Waals surface area contributed by atoms with Crippen LogP contribution in [0.15, 0.2) is 47.4 Å². The van der Waals surface area contributed by atoms with Gasteiger partial charge in [0.05, 0.1) is 5.02 Å². The lowest BCUT2D eigenvalue weighted by molar-refractivity contribution is 0.102. The molecule has 0 fully saturated rings. The summed E-state index contributed by atoms with van der Waals surface area (Å²) in [4.78, 5) is 13.0. The Labute approximate surface area is 120 Å². The molecular weight excluding hydrogens is 285 g/mol. The summed E-state index contributed by atoms with van der Waals surface area (Å²) < 4.78 is 13.0. The average molecular weight is 296 g/mol. The van der Waals surface area contributed by atoms with Crippen LogP contribution in [0.2, 0.25) is 5.02 Å². The lowest BCUT2D eigenvalue weighted by atomic mass is 10.2. The predicted molar refractivity (Wildman–Crippen MR) is 77.6 cm³/mol. The number of carbonyl (C=O) groups excluding carboxylic acids is 1. The fourth-order valence-electron chi connectivity index (χ4n) is 1.52. The molecule has 98 valence electrons. The minimum absolute atomic E-state index is 0.0180. The van der Waals surface area contributed by atoms with Crippen molar-refractivity contribution >= 4 is 35.0 Å². The van der Waals surface area contributed by atoms with Gasteiger partial charge in [-0.1, -0.05) is 11.6 Å². The van der Waals surface area contributed by atoms with Crippen LogP contribution in [0, 0.1) is 5.82 Å². The zero-order valence-corrected chi connectivity index (χ0v) is 11.7. The zero-order chi connectivity index (χ0) is 13.8. The largest absolute Gasteiger partial charge is 0.322 e. The first-order chi connectivity index (χ1) is 9.10. The van der Waals surface area contributed by atoms with Crippen LogP contribution < -0.4 is 5.32 Å². The molecule has 2 aromatic rings. The number of carbonyl (C=O) groups is 1. The van der Waals surface area contributed by atoms with Gasteiger partial charge in [-0.3, -0.25) is 4.79 Å². The van der Waals surface area contributed by atoms with Crippen molar-refractivity contribution in [1.29, 1.82) is 0 Å². The predicted octanol–water partition coefficient (Wildman–Crippen LogP) is 4.45. The molecule has 0 saturated carbocycles. The molecule has 2 rings (SSSR count). The Morgan fingerprint density at radius 2 is 1.89 bits per heavy atom. The van der Waals surface area contributed by atoms with Crippen LogP contribution >= 0.6 is 23.4 Å². The molecule has 1 N–H and O–H groups in total. The van der Waals surface area contributed by atoms with Gasteiger partial charge in [-0.25, -0.2) is 4.39 Å². The number of rotatable bonds is 3. The summed E-state index contributed by atoms with van der Waals surface area (Å²) in [5.41, 5.74) is 1.00. The van der Waals surface area contributed by atoms with Gasteiger partial charge >= 0.3 is 0 Å². The highest BCUT2D eigenvalue weighted by Gasteiger charge is 2.07. The van der Waals surface area contributed by atoms with E-state index in [1.807, 2.05) is 18.4 Å². The molecule has 0 aromatic heterocycles. The van der Waals surface area contributed by atoms with Gasteiger partial charge in [0.15, 0.2) is 0 Å². The number of benzene rings is 2. The summed E-state index contributed by atoms with van der Waals surface area (Å²) in [6.07, 6.45) is 1.97. The van der Waals surface area contributed by atoms with Crippen molar-refractivity contribution in [3.63, 3.8) is 0 Å². The van der Waals surface area contributed by atoms with E-state index in [1.165, 1.54) is 18.2 Å². The second-order valence-corrected chi connectivity index (χ2v) is 5.10. The first kappa shape index (κ1) is 13.9. The van der Waals surface area contributed by atoms with Gasteiger partial charge in [-0.15, -0.1) is 11.8 Å². The van der Waals surface area contributed by atoms with E-state index in [4.69, 9.17) is 11.6 Å². The standard InChI is InChI=1S/C14H11ClFNOS/c1-19-11-5-2-9(3-6-11)14(18)17-10-4-7-13(16)12(15)8-10/h2-8H,1H3,(H,17,18). The number of hydrogen-bond acceptors (Lipinski definition) is 2. The van der Waals surface area contributed by atoms with Crippen LogP contribution in [-0.4, -0.2) is 12.2 Å². The Kier molecular flexibility index (Phi) is 4.45. The van der Waals surface area contributed by atoms with Crippen LogP contribution in [-0.2, 0) is 0 Å². The maximum Gasteiger partial charge on any atom is 0.255 e. The third kappa shape index (κ3) is 3.49. The van der Waals surface area contributed by atoms with Gasteiger partial charge in [-0.05, 0) is 48.7 Å². The molecule has 0 atom stereocenters. The summed E-state index contributed by atoms with van der Waals surface area (Å²) in [7, 11) is 0. The van der Waals surface area contributed by atoms with Crippen molar-refractivity contribution in [3.05, 3.63) is 58.9 Å². The molecule has 0 radical (unpaired) electrons. The van der Waals surface area contributed by atoms with Gasteiger partial charge in [0.25, 0.3) is 5.91 Å². The SMILES string of the molecule is CSc1ccc(C(=O)Nc2ccc(F)c(Cl)c2)cc1. The number of amides is 1. The maximum atomic E-state index is 13.0. The van der Waals surface area contributed by atoms with E-state index in [9.17, 15) is 9.18 Å². The second kappa shape index (κ2) is 6.08. The van der Waals surface area contributed by atoms with Crippen LogP contribution in [0.4, 0.5) is 10.1 Å². The van der Waals surface area contributed by atoms with Gasteiger partial charge in [0, 0.05) is 16.1 Å². The zero-order valence-electron chi connectivity index (χ0n) is 10.1. The van der Waals surface area contributed by atoms with Gasteiger partial charge in [0.2, 0.25) is 0 Å². The van der Waals surface area contributed by atoms with Crippen LogP contribution in [0.3, 0.4) is 0 Å². The van der Waals surface area contributed by atoms with E-state index in [2.05, 4.69) is 5.32 Å². The van der Waals surface area contributed by atoms with E-state index < -0.39 is 5.82 Å². The molecule has 0 spiro atoms. The average Bonchev–Trinajstić information content (AvgIpc) is 2.43. The van der Waals surface area contributed by atoms with E-state index in [-0.39, 0.29) is 10.9 Å². The summed E-state index contributed by atoms with van der Waals surface area (Å²) in [5.74, 6) is -0.765. The summed E-state index contributed by atoms with van der Waals surface area (Å²) in [6, 6.07) is 11.3. The van der Waals surface area contributed by atoms with E-state index in [1.54, 1.807) is 23.9 Å². The topological polar surface area (TPSA) is 29.1 Å². The quantitative estimate of drug-likeness (QED) is 0.847. The minimum atomic E-state index is -0.510. The minimum Gasteiger partial charge on any atom is -0.322 e. The van der Waals surface area contributed by atoms with Gasteiger partial charge in [0.1, 0.15) is 5.82 Å². The molecule has 0 saturated heterocycles. The number of halogens is 2. The summed E-state index contributed by atoms with van der Waals surface area (Å²) in [6.45, 7) is 0. The number of thioether (sulfide) groups is 1. The molecule has 0 unspecified atom stereocenters. The molecular formula is C14H11ClFNOS. The highest BCUT2D eigenvalue weighted by Crippen LogP contribution is 2.20. The second-order valence-electron chi connectivity index (χ2n) is 3.81. The number of nitrogens with one attached hydrogen (secondary N) is 1. The Bertz CT molecular complexity index is 601. The fourth-order valence-corrected chi connectivity index (χ4v) is 2.11. The monoisotopic (exact) mass is 295 g/mol. The number of hydrogen-bond donors (Lipinski definition) is 1. The fraction of sp³-hybridized carbons (Fsp3) is 0.0714. The van der Waals surface area contributed by atoms with Crippen molar-refractivity contribution in [1.82, 2.24) is 0 Å². The number of anilines is 1. The highest BCUT2D eigenvalue weighted by atomic mass is 35.5. The van der Waals surface area contributed by atoms with E-state index in [0.29, 0.717) is 11.3 Å². The van der Waals surface area contributed by atoms with Gasteiger partial charge in [-0.2, -0.15) is 0 Å². The molecule has 2 nitrogen and oxygen atoms in total. The third-order valence-corrected chi connectivity index (χ3v) is 3.56. The molecule has 0 heterocycles. The van der Waals surface area contributed by atoms with Crippen LogP contribution in [0.25, 0.3) is 0 Å². The van der Waals surface area contributed by atoms with Crippen molar-refractivity contribution in [2.45, 2.75) is 4.90 Å². The van der Waals surface area contributed by atoms with Crippen molar-refractivity contribution < 1.29 is 9.18 Å². The Balaban J connectivity index is 2.13. The maximum absolute atomic E-state index is 13.0. The summed E-state index contributed by atoms with van der Waals surface area (Å²) in [5, 5.41) is 2.65. The van der Waals surface area contributed by atoms with E-state index >= 15 is 0 Å². The molecule has 19 heavy (non-hydrogen) atoms. The molecule has 2 aromatic carbocycles. The van der Waals surface area contributed by atoms with Crippen molar-refractivity contribution in [3.8, 4) is 0 Å². The highest BCUT2D eigenvalue weighted by molar-refractivity contribution is 7.98. The Morgan fingerprint density at radius 3 is 2.47 bits per heavy atom. The van der Waals surface area contributed by atoms with Crippen LogP contribution in [0.1, 0.15) is 10.4 Å². The smallest absolute Gasteiger partial charge is 0.255 e. The molecule has 5 heteroatoms. The lowest BCUT2D eigenvalue weighted by Gasteiger charge is -2.06. The molecule has 0 aliphatic heterocycles. The third-order valence-electron chi connectivity index (χ3n) is 2.53. The summed E-state index contributed by atoms with van der Waals surface area (Å²) >= 11 is 7.26. The molecule has 0 aliphatic rings. The Morgan fingerprint density at radius 1 is 1.21 bits per heavy atom. The molecule has 1 amide bonds. The van der Waals surface area contributed by atoms with Gasteiger partial charge < -0.3 is 5.32 Å². The molecule has 0 bridgehead atoms. The van der Waals surface area contributed by atoms with E-state index in [0.717, 1.165) is 4.90 Å². The lowest BCUT2D eigenvalue weighted by Crippen LogP contribution is -2.11. The van der Waals surface area contributed by atoms with Crippen molar-refractivity contribution in [2.24, 2.45) is 0 Å². The Hall–Kier alpha value is -1.52. The first-order valence-electron chi connectivity index (χ1n) is 5.50. The first-order valence-corrected chi connectivity index (χ1v) is 7.11. The van der Waals surface area contributed by atoms with Crippen LogP contribution in [0.5, 0.6) is 0 Å². The molecule has 0 aliphatic carbocycles. The van der Waals surface area contributed by atoms with Crippen molar-refractivity contribution in [2.75, 3.05) is 11.6 Å².